The smallest absolute Gasteiger partial charge is 0.308 e. The Labute approximate surface area is 142 Å². The van der Waals surface area contributed by atoms with Crippen LogP contribution in [0.3, 0.4) is 0 Å². The molecule has 24 heavy (non-hydrogen) atoms. The molecule has 1 aliphatic rings. The first-order valence-electron chi connectivity index (χ1n) is 8.49. The second-order valence-corrected chi connectivity index (χ2v) is 6.89. The maximum atomic E-state index is 12.7. The van der Waals surface area contributed by atoms with E-state index in [4.69, 9.17) is 0 Å². The maximum Gasteiger partial charge on any atom is 0.308 e. The summed E-state index contributed by atoms with van der Waals surface area (Å²) in [6, 6.07) is 3.37. The summed E-state index contributed by atoms with van der Waals surface area (Å²) in [4.78, 5) is 38.2. The van der Waals surface area contributed by atoms with Gasteiger partial charge in [-0.3, -0.25) is 14.4 Å². The molecule has 2 atom stereocenters. The van der Waals surface area contributed by atoms with Crippen LogP contribution in [0, 0.1) is 11.8 Å². The lowest BCUT2D eigenvalue weighted by atomic mass is 9.92. The first kappa shape index (κ1) is 18.2. The zero-order chi connectivity index (χ0) is 18.0. The summed E-state index contributed by atoms with van der Waals surface area (Å²) < 4.78 is 1.51. The number of nitrogens with zero attached hydrogens (tertiary/aromatic N) is 2. The number of likely N-dealkylation sites (tertiary alicyclic amines) is 1. The molecule has 1 fully saturated rings. The topological polar surface area (TPSA) is 79.6 Å². The van der Waals surface area contributed by atoms with Crippen molar-refractivity contribution >= 4 is 11.9 Å². The maximum absolute atomic E-state index is 12.7. The molecular weight excluding hydrogens is 308 g/mol. The molecule has 1 amide bonds. The monoisotopic (exact) mass is 334 g/mol. The molecule has 1 saturated heterocycles. The Morgan fingerprint density at radius 2 is 1.96 bits per heavy atom. The third-order valence-electron chi connectivity index (χ3n) is 4.87. The molecule has 0 bridgehead atoms. The average molecular weight is 334 g/mol. The number of aromatic nitrogens is 1. The van der Waals surface area contributed by atoms with E-state index in [0.717, 1.165) is 18.5 Å². The Bertz CT molecular complexity index is 693. The van der Waals surface area contributed by atoms with Crippen LogP contribution < -0.4 is 5.56 Å². The number of aliphatic carboxylic acids is 1. The minimum absolute atomic E-state index is 0.0461. The molecule has 1 N–H and O–H groups in total. The van der Waals surface area contributed by atoms with Crippen molar-refractivity contribution in [3.05, 3.63) is 33.7 Å². The highest BCUT2D eigenvalue weighted by atomic mass is 16.4. The van der Waals surface area contributed by atoms with Crippen LogP contribution in [0.1, 0.15) is 55.6 Å². The molecule has 0 radical (unpaired) electrons. The van der Waals surface area contributed by atoms with E-state index in [-0.39, 0.29) is 35.4 Å². The van der Waals surface area contributed by atoms with Crippen LogP contribution in [0.15, 0.2) is 16.9 Å². The van der Waals surface area contributed by atoms with Crippen LogP contribution in [0.25, 0.3) is 0 Å². The highest BCUT2D eigenvalue weighted by molar-refractivity contribution is 5.94. The van der Waals surface area contributed by atoms with E-state index < -0.39 is 11.9 Å². The van der Waals surface area contributed by atoms with Gasteiger partial charge in [0, 0.05) is 25.8 Å². The van der Waals surface area contributed by atoms with Gasteiger partial charge in [0.1, 0.15) is 5.56 Å². The Balaban J connectivity index is 2.28. The van der Waals surface area contributed by atoms with E-state index >= 15 is 0 Å². The van der Waals surface area contributed by atoms with E-state index in [1.807, 2.05) is 20.8 Å². The molecular formula is C18H26N2O4. The summed E-state index contributed by atoms with van der Waals surface area (Å²) in [5.41, 5.74) is 0.658. The Kier molecular flexibility index (Phi) is 5.47. The quantitative estimate of drug-likeness (QED) is 0.894. The van der Waals surface area contributed by atoms with Crippen LogP contribution in [0.5, 0.6) is 0 Å². The zero-order valence-corrected chi connectivity index (χ0v) is 14.8. The van der Waals surface area contributed by atoms with Gasteiger partial charge in [0.25, 0.3) is 11.5 Å². The fourth-order valence-corrected chi connectivity index (χ4v) is 3.54. The number of carboxylic acid groups (broad SMARTS) is 1. The Morgan fingerprint density at radius 1 is 1.29 bits per heavy atom. The minimum Gasteiger partial charge on any atom is -0.481 e. The molecule has 0 spiro atoms. The van der Waals surface area contributed by atoms with Crippen molar-refractivity contribution < 1.29 is 14.7 Å². The SMILES string of the molecule is CCC[C@@H]1CN(C(=O)c2ccc(C(C)C)n(C)c2=O)C[C@H]1C(=O)O. The fraction of sp³-hybridized carbons (Fsp3) is 0.611. The summed E-state index contributed by atoms with van der Waals surface area (Å²) in [5, 5.41) is 9.37. The zero-order valence-electron chi connectivity index (χ0n) is 14.8. The molecule has 1 aromatic rings. The number of carbonyl (C=O) groups is 2. The van der Waals surface area contributed by atoms with E-state index in [2.05, 4.69) is 0 Å². The van der Waals surface area contributed by atoms with E-state index in [1.54, 1.807) is 19.2 Å². The van der Waals surface area contributed by atoms with Crippen LogP contribution in [0.2, 0.25) is 0 Å². The highest BCUT2D eigenvalue weighted by Gasteiger charge is 2.39. The number of amides is 1. The van der Waals surface area contributed by atoms with Crippen molar-refractivity contribution in [2.45, 2.75) is 39.5 Å². The van der Waals surface area contributed by atoms with Gasteiger partial charge in [-0.05, 0) is 30.4 Å². The predicted octanol–water partition coefficient (Wildman–Crippen LogP) is 2.08. The van der Waals surface area contributed by atoms with Crippen molar-refractivity contribution in [2.75, 3.05) is 13.1 Å². The van der Waals surface area contributed by atoms with Gasteiger partial charge < -0.3 is 14.6 Å². The summed E-state index contributed by atoms with van der Waals surface area (Å²) in [6.07, 6.45) is 1.65. The molecule has 0 unspecified atom stereocenters. The normalized spacial score (nSPS) is 20.6. The van der Waals surface area contributed by atoms with Gasteiger partial charge in [0.15, 0.2) is 0 Å². The van der Waals surface area contributed by atoms with Gasteiger partial charge >= 0.3 is 5.97 Å². The highest BCUT2D eigenvalue weighted by Crippen LogP contribution is 2.28. The summed E-state index contributed by atoms with van der Waals surface area (Å²) in [5.74, 6) is -1.64. The molecule has 2 heterocycles. The molecule has 1 aromatic heterocycles. The fourth-order valence-electron chi connectivity index (χ4n) is 3.54. The molecule has 132 valence electrons. The average Bonchev–Trinajstić information content (AvgIpc) is 2.93. The van der Waals surface area contributed by atoms with Crippen LogP contribution >= 0.6 is 0 Å². The number of hydrogen-bond acceptors (Lipinski definition) is 3. The molecule has 2 rings (SSSR count). The predicted molar refractivity (Wildman–Crippen MR) is 91.2 cm³/mol. The third-order valence-corrected chi connectivity index (χ3v) is 4.87. The van der Waals surface area contributed by atoms with Crippen molar-refractivity contribution in [1.82, 2.24) is 9.47 Å². The molecule has 6 nitrogen and oxygen atoms in total. The van der Waals surface area contributed by atoms with Gasteiger partial charge in [-0.15, -0.1) is 0 Å². The first-order valence-corrected chi connectivity index (χ1v) is 8.49. The number of hydrogen-bond donors (Lipinski definition) is 1. The molecule has 6 heteroatoms. The Morgan fingerprint density at radius 3 is 2.50 bits per heavy atom. The lowest BCUT2D eigenvalue weighted by molar-refractivity contribution is -0.142. The van der Waals surface area contributed by atoms with Crippen molar-refractivity contribution in [1.29, 1.82) is 0 Å². The summed E-state index contributed by atoms with van der Waals surface area (Å²) >= 11 is 0. The van der Waals surface area contributed by atoms with Gasteiger partial charge in [0.2, 0.25) is 0 Å². The minimum atomic E-state index is -0.869. The van der Waals surface area contributed by atoms with E-state index in [0.29, 0.717) is 6.54 Å². The standard InChI is InChI=1S/C18H26N2O4/c1-5-6-12-9-20(10-14(12)18(23)24)17(22)13-7-8-15(11(2)3)19(4)16(13)21/h7-8,11-12,14H,5-6,9-10H2,1-4H3,(H,23,24)/t12-,14-/m1/s1. The van der Waals surface area contributed by atoms with Crippen LogP contribution in [0.4, 0.5) is 0 Å². The summed E-state index contributed by atoms with van der Waals surface area (Å²) in [7, 11) is 1.67. The molecule has 0 saturated carbocycles. The van der Waals surface area contributed by atoms with Crippen molar-refractivity contribution in [3.63, 3.8) is 0 Å². The molecule has 0 aliphatic carbocycles. The third kappa shape index (κ3) is 3.37. The summed E-state index contributed by atoms with van der Waals surface area (Å²) in [6.45, 7) is 6.56. The number of carbonyl (C=O) groups excluding carboxylic acids is 1. The van der Waals surface area contributed by atoms with Gasteiger partial charge in [0.05, 0.1) is 5.92 Å². The lowest BCUT2D eigenvalue weighted by Gasteiger charge is -2.18. The van der Waals surface area contributed by atoms with Crippen LogP contribution in [-0.2, 0) is 11.8 Å². The molecule has 1 aliphatic heterocycles. The number of carboxylic acids is 1. The first-order chi connectivity index (χ1) is 11.3. The van der Waals surface area contributed by atoms with Gasteiger partial charge in [-0.2, -0.15) is 0 Å². The van der Waals surface area contributed by atoms with Gasteiger partial charge in [-0.1, -0.05) is 27.2 Å². The second kappa shape index (κ2) is 7.20. The van der Waals surface area contributed by atoms with Gasteiger partial charge in [-0.25, -0.2) is 0 Å². The number of rotatable bonds is 5. The van der Waals surface area contributed by atoms with E-state index in [9.17, 15) is 19.5 Å². The lowest BCUT2D eigenvalue weighted by Crippen LogP contribution is -2.36. The van der Waals surface area contributed by atoms with Crippen molar-refractivity contribution in [3.8, 4) is 0 Å². The van der Waals surface area contributed by atoms with E-state index in [1.165, 1.54) is 9.47 Å². The van der Waals surface area contributed by atoms with Crippen molar-refractivity contribution in [2.24, 2.45) is 18.9 Å². The largest absolute Gasteiger partial charge is 0.481 e. The van der Waals surface area contributed by atoms with Crippen LogP contribution in [-0.4, -0.2) is 39.5 Å². The molecule has 0 aromatic carbocycles. The number of pyridine rings is 1. The Hall–Kier alpha value is -2.11. The second-order valence-electron chi connectivity index (χ2n) is 6.89.